The minimum atomic E-state index is -3.08. The zero-order valence-corrected chi connectivity index (χ0v) is 12.4. The van der Waals surface area contributed by atoms with Crippen LogP contribution in [0.15, 0.2) is 29.3 Å². The molecule has 1 aliphatic rings. The van der Waals surface area contributed by atoms with E-state index in [1.165, 1.54) is 6.26 Å². The molecule has 3 N–H and O–H groups in total. The minimum absolute atomic E-state index is 0.202. The van der Waals surface area contributed by atoms with Crippen molar-refractivity contribution < 1.29 is 13.2 Å². The van der Waals surface area contributed by atoms with Crippen LogP contribution in [0.5, 0.6) is 5.75 Å². The number of anilines is 1. The third-order valence-corrected chi connectivity index (χ3v) is 5.58. The molecular formula is C13H19N3O3S. The molecule has 1 saturated carbocycles. The molecule has 6 nitrogen and oxygen atoms in total. The summed E-state index contributed by atoms with van der Waals surface area (Å²) in [5, 5.41) is 2.92. The molecule has 0 saturated heterocycles. The molecule has 0 aromatic heterocycles. The van der Waals surface area contributed by atoms with Gasteiger partial charge in [-0.3, -0.25) is 4.99 Å². The third kappa shape index (κ3) is 3.22. The highest BCUT2D eigenvalue weighted by Crippen LogP contribution is 2.43. The van der Waals surface area contributed by atoms with Gasteiger partial charge in [-0.1, -0.05) is 6.07 Å². The summed E-state index contributed by atoms with van der Waals surface area (Å²) in [6, 6.07) is 7.26. The van der Waals surface area contributed by atoms with Gasteiger partial charge < -0.3 is 15.8 Å². The number of guanidine groups is 1. The Balaban J connectivity index is 2.01. The zero-order valence-electron chi connectivity index (χ0n) is 11.6. The van der Waals surface area contributed by atoms with E-state index in [0.29, 0.717) is 18.6 Å². The largest absolute Gasteiger partial charge is 0.497 e. The number of hydrogen-bond acceptors (Lipinski definition) is 4. The van der Waals surface area contributed by atoms with Crippen LogP contribution >= 0.6 is 0 Å². The molecule has 0 radical (unpaired) electrons. The average Bonchev–Trinajstić information content (AvgIpc) is 3.17. The van der Waals surface area contributed by atoms with Crippen LogP contribution in [0.4, 0.5) is 5.69 Å². The van der Waals surface area contributed by atoms with Gasteiger partial charge in [0.25, 0.3) is 0 Å². The lowest BCUT2D eigenvalue weighted by Gasteiger charge is -2.11. The van der Waals surface area contributed by atoms with Crippen LogP contribution < -0.4 is 15.8 Å². The number of hydrogen-bond donors (Lipinski definition) is 2. The van der Waals surface area contributed by atoms with E-state index in [1.54, 1.807) is 13.2 Å². The Hall–Kier alpha value is -1.76. The summed E-state index contributed by atoms with van der Waals surface area (Å²) in [6.07, 6.45) is 2.56. The van der Waals surface area contributed by atoms with Crippen molar-refractivity contribution >= 4 is 21.5 Å². The second kappa shape index (κ2) is 5.32. The normalized spacial score (nSPS) is 17.6. The van der Waals surface area contributed by atoms with Crippen LogP contribution in [-0.2, 0) is 9.84 Å². The number of ether oxygens (including phenoxy) is 1. The third-order valence-electron chi connectivity index (χ3n) is 3.47. The molecule has 20 heavy (non-hydrogen) atoms. The molecule has 0 bridgehead atoms. The molecule has 2 rings (SSSR count). The van der Waals surface area contributed by atoms with Crippen molar-refractivity contribution in [3.8, 4) is 5.75 Å². The van der Waals surface area contributed by atoms with Crippen molar-refractivity contribution in [2.24, 2.45) is 10.7 Å². The molecule has 7 heteroatoms. The number of benzene rings is 1. The molecule has 1 fully saturated rings. The van der Waals surface area contributed by atoms with Crippen molar-refractivity contribution in [1.82, 2.24) is 0 Å². The molecule has 1 aliphatic carbocycles. The van der Waals surface area contributed by atoms with Gasteiger partial charge in [0.1, 0.15) is 5.75 Å². The number of nitrogens with two attached hydrogens (primary N) is 1. The minimum Gasteiger partial charge on any atom is -0.497 e. The highest BCUT2D eigenvalue weighted by atomic mass is 32.2. The highest BCUT2D eigenvalue weighted by Gasteiger charge is 2.51. The maximum absolute atomic E-state index is 11.6. The summed E-state index contributed by atoms with van der Waals surface area (Å²) in [5.74, 6) is 0.908. The van der Waals surface area contributed by atoms with Gasteiger partial charge in [0.2, 0.25) is 0 Å². The lowest BCUT2D eigenvalue weighted by atomic mass is 10.3. The highest BCUT2D eigenvalue weighted by molar-refractivity contribution is 7.92. The Bertz CT molecular complexity index is 622. The maximum Gasteiger partial charge on any atom is 0.193 e. The number of nitrogens with zero attached hydrogens (tertiary/aromatic N) is 1. The molecule has 1 aromatic rings. The zero-order chi connectivity index (χ0) is 14.8. The average molecular weight is 297 g/mol. The topological polar surface area (TPSA) is 93.8 Å². The smallest absolute Gasteiger partial charge is 0.193 e. The number of rotatable bonds is 5. The van der Waals surface area contributed by atoms with E-state index in [1.807, 2.05) is 18.2 Å². The lowest BCUT2D eigenvalue weighted by Crippen LogP contribution is -2.29. The van der Waals surface area contributed by atoms with Crippen molar-refractivity contribution in [2.45, 2.75) is 17.6 Å². The Morgan fingerprint density at radius 2 is 2.20 bits per heavy atom. The second-order valence-electron chi connectivity index (χ2n) is 5.01. The van der Waals surface area contributed by atoms with Gasteiger partial charge in [0.05, 0.1) is 18.4 Å². The molecule has 0 spiro atoms. The summed E-state index contributed by atoms with van der Waals surface area (Å²) in [4.78, 5) is 4.14. The Kier molecular flexibility index (Phi) is 3.89. The fraction of sp³-hybridized carbons (Fsp3) is 0.462. The fourth-order valence-electron chi connectivity index (χ4n) is 1.90. The van der Waals surface area contributed by atoms with Crippen molar-refractivity contribution in [3.63, 3.8) is 0 Å². The van der Waals surface area contributed by atoms with Crippen LogP contribution in [0.1, 0.15) is 12.8 Å². The van der Waals surface area contributed by atoms with E-state index < -0.39 is 14.6 Å². The van der Waals surface area contributed by atoms with Gasteiger partial charge in [-0.25, -0.2) is 8.42 Å². The first kappa shape index (κ1) is 14.6. The predicted octanol–water partition coefficient (Wildman–Crippen LogP) is 0.999. The van der Waals surface area contributed by atoms with E-state index in [-0.39, 0.29) is 12.5 Å². The van der Waals surface area contributed by atoms with E-state index in [9.17, 15) is 8.42 Å². The first-order valence-corrected chi connectivity index (χ1v) is 8.16. The predicted molar refractivity (Wildman–Crippen MR) is 79.9 cm³/mol. The summed E-state index contributed by atoms with van der Waals surface area (Å²) in [6.45, 7) is 0.203. The van der Waals surface area contributed by atoms with Crippen LogP contribution in [0.2, 0.25) is 0 Å². The summed E-state index contributed by atoms with van der Waals surface area (Å²) in [5.41, 5.74) is 6.52. The maximum atomic E-state index is 11.6. The number of methoxy groups -OCH3 is 1. The van der Waals surface area contributed by atoms with E-state index in [2.05, 4.69) is 10.3 Å². The Morgan fingerprint density at radius 1 is 1.50 bits per heavy atom. The quantitative estimate of drug-likeness (QED) is 0.624. The van der Waals surface area contributed by atoms with Crippen LogP contribution in [0, 0.1) is 0 Å². The molecule has 0 atom stereocenters. The fourth-order valence-corrected chi connectivity index (χ4v) is 3.05. The number of aliphatic imine (C=N–C) groups is 1. The number of nitrogens with one attached hydrogen (secondary N) is 1. The first-order valence-electron chi connectivity index (χ1n) is 6.27. The summed E-state index contributed by atoms with van der Waals surface area (Å²) in [7, 11) is -1.50. The molecule has 1 aromatic carbocycles. The van der Waals surface area contributed by atoms with Crippen LogP contribution in [0.3, 0.4) is 0 Å². The molecule has 0 heterocycles. The van der Waals surface area contributed by atoms with Gasteiger partial charge in [0.15, 0.2) is 15.8 Å². The molecule has 110 valence electrons. The van der Waals surface area contributed by atoms with Crippen molar-refractivity contribution in [3.05, 3.63) is 24.3 Å². The SMILES string of the molecule is COc1cccc(NC(N)=NCC2(S(C)(=O)=O)CC2)c1. The molecular weight excluding hydrogens is 278 g/mol. The lowest BCUT2D eigenvalue weighted by molar-refractivity contribution is 0.415. The molecule has 0 unspecified atom stereocenters. The Labute approximate surface area is 119 Å². The van der Waals surface area contributed by atoms with Gasteiger partial charge >= 0.3 is 0 Å². The van der Waals surface area contributed by atoms with E-state index in [0.717, 1.165) is 5.69 Å². The second-order valence-corrected chi connectivity index (χ2v) is 7.42. The first-order chi connectivity index (χ1) is 9.36. The van der Waals surface area contributed by atoms with Crippen LogP contribution in [-0.4, -0.2) is 39.0 Å². The summed E-state index contributed by atoms with van der Waals surface area (Å²) >= 11 is 0. The van der Waals surface area contributed by atoms with E-state index >= 15 is 0 Å². The van der Waals surface area contributed by atoms with Gasteiger partial charge in [-0.05, 0) is 25.0 Å². The Morgan fingerprint density at radius 3 is 2.75 bits per heavy atom. The number of sulfone groups is 1. The van der Waals surface area contributed by atoms with Crippen molar-refractivity contribution in [1.29, 1.82) is 0 Å². The van der Waals surface area contributed by atoms with Crippen LogP contribution in [0.25, 0.3) is 0 Å². The van der Waals surface area contributed by atoms with Gasteiger partial charge in [-0.15, -0.1) is 0 Å². The van der Waals surface area contributed by atoms with E-state index in [4.69, 9.17) is 10.5 Å². The molecule has 0 amide bonds. The summed E-state index contributed by atoms with van der Waals surface area (Å²) < 4.78 is 27.7. The molecule has 0 aliphatic heterocycles. The van der Waals surface area contributed by atoms with Crippen molar-refractivity contribution in [2.75, 3.05) is 25.2 Å². The monoisotopic (exact) mass is 297 g/mol. The van der Waals surface area contributed by atoms with Gasteiger partial charge in [0, 0.05) is 18.0 Å². The van der Waals surface area contributed by atoms with Gasteiger partial charge in [-0.2, -0.15) is 0 Å². The standard InChI is InChI=1S/C13H19N3O3S/c1-19-11-5-3-4-10(8-11)16-12(14)15-9-13(6-7-13)20(2,17)18/h3-5,8H,6-7,9H2,1-2H3,(H3,14,15,16).